The summed E-state index contributed by atoms with van der Waals surface area (Å²) in [5.41, 5.74) is 1.76. The molecule has 30 heavy (non-hydrogen) atoms. The fourth-order valence-corrected chi connectivity index (χ4v) is 5.07. The number of aromatic amines is 1. The molecule has 156 valence electrons. The Labute approximate surface area is 173 Å². The standard InChI is InChI=1S/C21H21N3O5S/c1-29-18-8-3-14-11-15(21(26)23-19(14)13-18)12-20(25)22-16-4-6-17(7-5-16)24-9-2-10-30(24,27)28/h3-8,11,13H,2,9-10,12H2,1H3,(H,22,25)(H,23,26). The third-order valence-corrected chi connectivity index (χ3v) is 6.89. The van der Waals surface area contributed by atoms with Gasteiger partial charge in [0.15, 0.2) is 0 Å². The van der Waals surface area contributed by atoms with Gasteiger partial charge in [0.25, 0.3) is 5.56 Å². The highest BCUT2D eigenvalue weighted by Crippen LogP contribution is 2.25. The molecular formula is C21H21N3O5S. The lowest BCUT2D eigenvalue weighted by Crippen LogP contribution is -2.25. The van der Waals surface area contributed by atoms with Crippen molar-refractivity contribution in [2.45, 2.75) is 12.8 Å². The highest BCUT2D eigenvalue weighted by molar-refractivity contribution is 7.93. The molecule has 2 heterocycles. The molecule has 0 bridgehead atoms. The third-order valence-electron chi connectivity index (χ3n) is 5.02. The number of H-pyrrole nitrogens is 1. The van der Waals surface area contributed by atoms with Gasteiger partial charge in [0, 0.05) is 23.9 Å². The van der Waals surface area contributed by atoms with E-state index in [1.54, 1.807) is 49.6 Å². The zero-order valence-corrected chi connectivity index (χ0v) is 17.2. The van der Waals surface area contributed by atoms with E-state index in [-0.39, 0.29) is 23.6 Å². The van der Waals surface area contributed by atoms with E-state index in [1.807, 2.05) is 6.07 Å². The van der Waals surface area contributed by atoms with E-state index in [0.29, 0.717) is 41.2 Å². The van der Waals surface area contributed by atoms with E-state index in [9.17, 15) is 18.0 Å². The Morgan fingerprint density at radius 2 is 1.93 bits per heavy atom. The second kappa shape index (κ2) is 7.83. The first-order chi connectivity index (χ1) is 14.4. The minimum Gasteiger partial charge on any atom is -0.497 e. The van der Waals surface area contributed by atoms with Crippen molar-refractivity contribution in [1.82, 2.24) is 4.98 Å². The van der Waals surface area contributed by atoms with Crippen LogP contribution in [0.1, 0.15) is 12.0 Å². The second-order valence-corrected chi connectivity index (χ2v) is 9.10. The van der Waals surface area contributed by atoms with Gasteiger partial charge in [0.1, 0.15) is 5.75 Å². The summed E-state index contributed by atoms with van der Waals surface area (Å²) in [5.74, 6) is 0.446. The first-order valence-corrected chi connectivity index (χ1v) is 11.1. The van der Waals surface area contributed by atoms with Crippen LogP contribution in [0.25, 0.3) is 10.9 Å². The molecule has 1 saturated heterocycles. The zero-order chi connectivity index (χ0) is 21.3. The number of hydrogen-bond acceptors (Lipinski definition) is 5. The van der Waals surface area contributed by atoms with Gasteiger partial charge in [-0.25, -0.2) is 8.42 Å². The van der Waals surface area contributed by atoms with Crippen molar-refractivity contribution in [3.05, 3.63) is 64.4 Å². The molecule has 1 aliphatic heterocycles. The van der Waals surface area contributed by atoms with Crippen LogP contribution < -0.4 is 19.9 Å². The van der Waals surface area contributed by atoms with Crippen LogP contribution in [0.5, 0.6) is 5.75 Å². The van der Waals surface area contributed by atoms with Crippen molar-refractivity contribution < 1.29 is 17.9 Å². The fourth-order valence-electron chi connectivity index (χ4n) is 3.50. The average molecular weight is 427 g/mol. The molecule has 1 aliphatic rings. The fraction of sp³-hybridized carbons (Fsp3) is 0.238. The number of fused-ring (bicyclic) bond motifs is 1. The smallest absolute Gasteiger partial charge is 0.252 e. The molecule has 2 aromatic carbocycles. The monoisotopic (exact) mass is 427 g/mol. The minimum absolute atomic E-state index is 0.0838. The third kappa shape index (κ3) is 4.02. The average Bonchev–Trinajstić information content (AvgIpc) is 3.07. The molecule has 3 aromatic rings. The number of nitrogens with zero attached hydrogens (tertiary/aromatic N) is 1. The number of rotatable bonds is 5. The Hall–Kier alpha value is -3.33. The van der Waals surface area contributed by atoms with Crippen LogP contribution in [-0.2, 0) is 21.2 Å². The molecule has 0 aliphatic carbocycles. The van der Waals surface area contributed by atoms with Crippen LogP contribution in [0.2, 0.25) is 0 Å². The predicted molar refractivity (Wildman–Crippen MR) is 116 cm³/mol. The predicted octanol–water partition coefficient (Wildman–Crippen LogP) is 2.26. The summed E-state index contributed by atoms with van der Waals surface area (Å²) >= 11 is 0. The number of aromatic nitrogens is 1. The first-order valence-electron chi connectivity index (χ1n) is 9.46. The van der Waals surface area contributed by atoms with Crippen molar-refractivity contribution >= 4 is 38.2 Å². The lowest BCUT2D eigenvalue weighted by molar-refractivity contribution is -0.115. The van der Waals surface area contributed by atoms with Gasteiger partial charge >= 0.3 is 0 Å². The maximum absolute atomic E-state index is 12.4. The van der Waals surface area contributed by atoms with E-state index >= 15 is 0 Å². The van der Waals surface area contributed by atoms with Gasteiger partial charge in [-0.3, -0.25) is 13.9 Å². The molecular weight excluding hydrogens is 406 g/mol. The van der Waals surface area contributed by atoms with Crippen LogP contribution in [0.15, 0.2) is 53.3 Å². The van der Waals surface area contributed by atoms with Crippen LogP contribution in [0.3, 0.4) is 0 Å². The Morgan fingerprint density at radius 1 is 1.17 bits per heavy atom. The molecule has 0 unspecified atom stereocenters. The summed E-state index contributed by atoms with van der Waals surface area (Å²) in [4.78, 5) is 27.5. The normalized spacial score (nSPS) is 15.3. The zero-order valence-electron chi connectivity index (χ0n) is 16.3. The number of amides is 1. The summed E-state index contributed by atoms with van der Waals surface area (Å²) < 4.78 is 30.5. The number of benzene rings is 2. The number of sulfonamides is 1. The van der Waals surface area contributed by atoms with Crippen molar-refractivity contribution in [2.24, 2.45) is 0 Å². The number of methoxy groups -OCH3 is 1. The van der Waals surface area contributed by atoms with Crippen molar-refractivity contribution in [3.63, 3.8) is 0 Å². The summed E-state index contributed by atoms with van der Waals surface area (Å²) in [6, 6.07) is 13.6. The van der Waals surface area contributed by atoms with Crippen LogP contribution in [0, 0.1) is 0 Å². The number of carbonyl (C=O) groups is 1. The number of carbonyl (C=O) groups excluding carboxylic acids is 1. The lowest BCUT2D eigenvalue weighted by atomic mass is 10.1. The molecule has 9 heteroatoms. The largest absolute Gasteiger partial charge is 0.497 e. The molecule has 0 atom stereocenters. The van der Waals surface area contributed by atoms with Gasteiger partial charge in [0.05, 0.1) is 30.5 Å². The summed E-state index contributed by atoms with van der Waals surface area (Å²) in [5, 5.41) is 3.54. The molecule has 8 nitrogen and oxygen atoms in total. The molecule has 0 saturated carbocycles. The Balaban J connectivity index is 1.47. The molecule has 1 aromatic heterocycles. The van der Waals surface area contributed by atoms with Crippen LogP contribution >= 0.6 is 0 Å². The van der Waals surface area contributed by atoms with E-state index in [2.05, 4.69) is 10.3 Å². The molecule has 4 rings (SSSR count). The van der Waals surface area contributed by atoms with E-state index < -0.39 is 10.0 Å². The number of pyridine rings is 1. The Bertz CT molecular complexity index is 1270. The SMILES string of the molecule is COc1ccc2cc(CC(=O)Nc3ccc(N4CCCS4(=O)=O)cc3)c(=O)[nH]c2c1. The summed E-state index contributed by atoms with van der Waals surface area (Å²) in [6.45, 7) is 0.463. The van der Waals surface area contributed by atoms with Crippen molar-refractivity contribution in [2.75, 3.05) is 29.0 Å². The van der Waals surface area contributed by atoms with Crippen molar-refractivity contribution in [3.8, 4) is 5.75 Å². The van der Waals surface area contributed by atoms with Gasteiger partial charge in [-0.1, -0.05) is 0 Å². The van der Waals surface area contributed by atoms with Crippen LogP contribution in [0.4, 0.5) is 11.4 Å². The first kappa shape index (κ1) is 20.0. The topological polar surface area (TPSA) is 109 Å². The maximum atomic E-state index is 12.4. The quantitative estimate of drug-likeness (QED) is 0.649. The summed E-state index contributed by atoms with van der Waals surface area (Å²) in [7, 11) is -1.69. The van der Waals surface area contributed by atoms with Gasteiger partial charge in [0.2, 0.25) is 15.9 Å². The number of nitrogens with one attached hydrogen (secondary N) is 2. The number of anilines is 2. The maximum Gasteiger partial charge on any atom is 0.252 e. The second-order valence-electron chi connectivity index (χ2n) is 7.09. The van der Waals surface area contributed by atoms with Gasteiger partial charge in [-0.05, 0) is 54.3 Å². The van der Waals surface area contributed by atoms with E-state index in [4.69, 9.17) is 4.74 Å². The highest BCUT2D eigenvalue weighted by Gasteiger charge is 2.28. The highest BCUT2D eigenvalue weighted by atomic mass is 32.2. The van der Waals surface area contributed by atoms with Gasteiger partial charge in [-0.2, -0.15) is 0 Å². The Morgan fingerprint density at radius 3 is 2.60 bits per heavy atom. The van der Waals surface area contributed by atoms with E-state index in [1.165, 1.54) is 4.31 Å². The Kier molecular flexibility index (Phi) is 5.21. The molecule has 0 spiro atoms. The lowest BCUT2D eigenvalue weighted by Gasteiger charge is -2.17. The molecule has 1 fully saturated rings. The molecule has 1 amide bonds. The number of ether oxygens (including phenoxy) is 1. The molecule has 0 radical (unpaired) electrons. The number of hydrogen-bond donors (Lipinski definition) is 2. The van der Waals surface area contributed by atoms with Gasteiger partial charge < -0.3 is 15.0 Å². The minimum atomic E-state index is -3.24. The van der Waals surface area contributed by atoms with Crippen molar-refractivity contribution in [1.29, 1.82) is 0 Å². The van der Waals surface area contributed by atoms with Crippen LogP contribution in [-0.4, -0.2) is 38.7 Å². The summed E-state index contributed by atoms with van der Waals surface area (Å²) in [6.07, 6.45) is 0.521. The molecule has 2 N–H and O–H groups in total. The van der Waals surface area contributed by atoms with Gasteiger partial charge in [-0.15, -0.1) is 0 Å². The van der Waals surface area contributed by atoms with E-state index in [0.717, 1.165) is 5.39 Å².